The molecule has 174 valence electrons. The molecule has 0 aromatic heterocycles. The van der Waals surface area contributed by atoms with Crippen LogP contribution in [0.3, 0.4) is 0 Å². The fourth-order valence-electron chi connectivity index (χ4n) is 3.09. The Morgan fingerprint density at radius 3 is 2.34 bits per heavy atom. The van der Waals surface area contributed by atoms with Crippen molar-refractivity contribution < 1.29 is 32.2 Å². The quantitative estimate of drug-likeness (QED) is 0.505. The number of benzene rings is 2. The van der Waals surface area contributed by atoms with Gasteiger partial charge in [0.15, 0.2) is 0 Å². The Labute approximate surface area is 189 Å². The molecular formula is C23H25ClF3NO4. The van der Waals surface area contributed by atoms with Gasteiger partial charge in [0.05, 0.1) is 24.1 Å². The van der Waals surface area contributed by atoms with Crippen LogP contribution in [0.1, 0.15) is 51.3 Å². The largest absolute Gasteiger partial charge is 0.466 e. The van der Waals surface area contributed by atoms with E-state index in [4.69, 9.17) is 21.1 Å². The van der Waals surface area contributed by atoms with Crippen LogP contribution in [0, 0.1) is 24.4 Å². The minimum absolute atomic E-state index is 0.0932. The van der Waals surface area contributed by atoms with Gasteiger partial charge in [0.25, 0.3) is 0 Å². The number of carbonyl (C=O) groups is 2. The lowest BCUT2D eigenvalue weighted by molar-refractivity contribution is -0.143. The van der Waals surface area contributed by atoms with Crippen molar-refractivity contribution in [1.29, 1.82) is 0 Å². The maximum Gasteiger partial charge on any atom is 0.408 e. The Hall–Kier alpha value is -2.74. The average Bonchev–Trinajstić information content (AvgIpc) is 2.61. The number of esters is 1. The molecule has 0 aliphatic heterocycles. The first kappa shape index (κ1) is 25.5. The molecule has 0 saturated heterocycles. The number of ether oxygens (including phenoxy) is 2. The number of halogens is 4. The molecule has 0 aliphatic carbocycles. The molecule has 0 saturated carbocycles. The van der Waals surface area contributed by atoms with E-state index in [0.717, 1.165) is 6.07 Å². The normalized spacial score (nSPS) is 12.3. The van der Waals surface area contributed by atoms with Crippen molar-refractivity contribution in [2.24, 2.45) is 0 Å². The van der Waals surface area contributed by atoms with Crippen LogP contribution in [-0.4, -0.2) is 24.3 Å². The lowest BCUT2D eigenvalue weighted by Crippen LogP contribution is -2.36. The summed E-state index contributed by atoms with van der Waals surface area (Å²) in [6, 6.07) is 3.02. The molecule has 2 rings (SSSR count). The summed E-state index contributed by atoms with van der Waals surface area (Å²) < 4.78 is 53.2. The molecule has 2 aromatic rings. The van der Waals surface area contributed by atoms with E-state index in [9.17, 15) is 18.4 Å². The first-order chi connectivity index (χ1) is 14.8. The van der Waals surface area contributed by atoms with Gasteiger partial charge in [-0.05, 0) is 63.9 Å². The topological polar surface area (TPSA) is 64.6 Å². The molecule has 9 heteroatoms. The third-order valence-electron chi connectivity index (χ3n) is 4.32. The first-order valence-corrected chi connectivity index (χ1v) is 10.3. The Morgan fingerprint density at radius 2 is 1.78 bits per heavy atom. The zero-order valence-electron chi connectivity index (χ0n) is 18.4. The Kier molecular flexibility index (Phi) is 8.18. The highest BCUT2D eigenvalue weighted by Gasteiger charge is 2.27. The summed E-state index contributed by atoms with van der Waals surface area (Å²) in [6.07, 6.45) is -1.27. The third-order valence-corrected chi connectivity index (χ3v) is 4.62. The summed E-state index contributed by atoms with van der Waals surface area (Å²) in [5.41, 5.74) is -0.804. The van der Waals surface area contributed by atoms with Gasteiger partial charge >= 0.3 is 12.1 Å². The summed E-state index contributed by atoms with van der Waals surface area (Å²) in [6.45, 7) is 8.09. The third kappa shape index (κ3) is 6.63. The van der Waals surface area contributed by atoms with E-state index in [0.29, 0.717) is 6.07 Å². The number of aryl methyl sites for hydroxylation is 1. The molecule has 0 heterocycles. The number of amides is 1. The van der Waals surface area contributed by atoms with Gasteiger partial charge in [-0.1, -0.05) is 11.6 Å². The summed E-state index contributed by atoms with van der Waals surface area (Å²) in [5, 5.41) is 2.27. The van der Waals surface area contributed by atoms with Gasteiger partial charge in [0.1, 0.15) is 23.1 Å². The number of nitrogens with one attached hydrogen (secondary N) is 1. The van der Waals surface area contributed by atoms with Gasteiger partial charge in [0, 0.05) is 17.2 Å². The van der Waals surface area contributed by atoms with E-state index < -0.39 is 47.6 Å². The number of hydrogen-bond acceptors (Lipinski definition) is 4. The van der Waals surface area contributed by atoms with Crippen molar-refractivity contribution in [2.45, 2.75) is 52.7 Å². The number of hydrogen-bond donors (Lipinski definition) is 1. The van der Waals surface area contributed by atoms with Crippen molar-refractivity contribution in [3.63, 3.8) is 0 Å². The molecule has 0 bridgehead atoms. The molecule has 0 fully saturated rings. The molecule has 0 radical (unpaired) electrons. The van der Waals surface area contributed by atoms with E-state index in [-0.39, 0.29) is 33.9 Å². The van der Waals surface area contributed by atoms with Crippen LogP contribution >= 0.6 is 11.6 Å². The number of carbonyl (C=O) groups excluding carboxylic acids is 2. The summed E-state index contributed by atoms with van der Waals surface area (Å²) in [5.74, 6) is -3.18. The predicted octanol–water partition coefficient (Wildman–Crippen LogP) is 6.25. The van der Waals surface area contributed by atoms with E-state index >= 15 is 4.39 Å². The fraction of sp³-hybridized carbons (Fsp3) is 0.391. The van der Waals surface area contributed by atoms with Crippen LogP contribution in [0.5, 0.6) is 0 Å². The number of alkyl carbamates (subject to hydrolysis) is 1. The van der Waals surface area contributed by atoms with Crippen LogP contribution in [0.4, 0.5) is 18.0 Å². The molecular weight excluding hydrogens is 447 g/mol. The lowest BCUT2D eigenvalue weighted by atomic mass is 9.94. The van der Waals surface area contributed by atoms with Gasteiger partial charge in [0.2, 0.25) is 0 Å². The molecule has 0 aliphatic rings. The highest BCUT2D eigenvalue weighted by atomic mass is 35.5. The maximum absolute atomic E-state index is 15.1. The number of rotatable bonds is 6. The van der Waals surface area contributed by atoms with Crippen LogP contribution < -0.4 is 5.32 Å². The van der Waals surface area contributed by atoms with Gasteiger partial charge in [-0.3, -0.25) is 4.79 Å². The average molecular weight is 472 g/mol. The first-order valence-electron chi connectivity index (χ1n) is 9.92. The standard InChI is InChI=1S/C23H25ClF3NO4/c1-6-31-19(29)11-18(28-22(30)32-23(3,4)5)15-8-13(7-12(2)21(15)27)20-16(24)9-14(25)10-17(20)26/h7-10,18H,6,11H2,1-5H3,(H,28,30)/t18-/m0/s1. The smallest absolute Gasteiger partial charge is 0.408 e. The molecule has 32 heavy (non-hydrogen) atoms. The second-order valence-electron chi connectivity index (χ2n) is 8.15. The van der Waals surface area contributed by atoms with Gasteiger partial charge in [-0.2, -0.15) is 0 Å². The van der Waals surface area contributed by atoms with Crippen molar-refractivity contribution in [3.05, 3.63) is 57.9 Å². The zero-order chi connectivity index (χ0) is 24.2. The van der Waals surface area contributed by atoms with E-state index in [1.165, 1.54) is 19.1 Å². The van der Waals surface area contributed by atoms with Crippen LogP contribution in [0.2, 0.25) is 5.02 Å². The van der Waals surface area contributed by atoms with E-state index in [2.05, 4.69) is 5.32 Å². The highest BCUT2D eigenvalue weighted by molar-refractivity contribution is 6.33. The molecule has 1 N–H and O–H groups in total. The SMILES string of the molecule is CCOC(=O)C[C@H](NC(=O)OC(C)(C)C)c1cc(-c2c(F)cc(F)cc2Cl)cc(C)c1F. The monoisotopic (exact) mass is 471 g/mol. The minimum atomic E-state index is -1.18. The van der Waals surface area contributed by atoms with Crippen molar-refractivity contribution in [1.82, 2.24) is 5.32 Å². The van der Waals surface area contributed by atoms with Crippen LogP contribution in [0.25, 0.3) is 11.1 Å². The van der Waals surface area contributed by atoms with Crippen LogP contribution in [-0.2, 0) is 14.3 Å². The highest BCUT2D eigenvalue weighted by Crippen LogP contribution is 2.35. The van der Waals surface area contributed by atoms with Gasteiger partial charge in [-0.15, -0.1) is 0 Å². The van der Waals surface area contributed by atoms with Gasteiger partial charge in [-0.25, -0.2) is 18.0 Å². The predicted molar refractivity (Wildman–Crippen MR) is 115 cm³/mol. The molecule has 1 amide bonds. The van der Waals surface area contributed by atoms with Crippen molar-refractivity contribution in [2.75, 3.05) is 6.61 Å². The summed E-state index contributed by atoms with van der Waals surface area (Å²) >= 11 is 6.04. The summed E-state index contributed by atoms with van der Waals surface area (Å²) in [4.78, 5) is 24.5. The Balaban J connectivity index is 2.57. The molecule has 2 aromatic carbocycles. The van der Waals surface area contributed by atoms with Crippen molar-refractivity contribution in [3.8, 4) is 11.1 Å². The molecule has 0 spiro atoms. The molecule has 0 unspecified atom stereocenters. The lowest BCUT2D eigenvalue weighted by Gasteiger charge is -2.24. The van der Waals surface area contributed by atoms with E-state index in [1.807, 2.05) is 0 Å². The van der Waals surface area contributed by atoms with E-state index in [1.54, 1.807) is 27.7 Å². The molecule has 1 atom stereocenters. The second-order valence-corrected chi connectivity index (χ2v) is 8.56. The Bertz CT molecular complexity index is 998. The Morgan fingerprint density at radius 1 is 1.12 bits per heavy atom. The maximum atomic E-state index is 15.1. The molecule has 5 nitrogen and oxygen atoms in total. The second kappa shape index (κ2) is 10.3. The fourth-order valence-corrected chi connectivity index (χ4v) is 3.39. The minimum Gasteiger partial charge on any atom is -0.466 e. The van der Waals surface area contributed by atoms with Crippen LogP contribution in [0.15, 0.2) is 24.3 Å². The zero-order valence-corrected chi connectivity index (χ0v) is 19.2. The van der Waals surface area contributed by atoms with Crippen molar-refractivity contribution >= 4 is 23.7 Å². The van der Waals surface area contributed by atoms with Gasteiger partial charge < -0.3 is 14.8 Å². The summed E-state index contributed by atoms with van der Waals surface area (Å²) in [7, 11) is 0.